The summed E-state index contributed by atoms with van der Waals surface area (Å²) in [5.74, 6) is -0.159. The smallest absolute Gasteiger partial charge is 0.246 e. The fourth-order valence-corrected chi connectivity index (χ4v) is 1.79. The molecule has 0 aliphatic carbocycles. The molecule has 6 heteroatoms. The van der Waals surface area contributed by atoms with Crippen molar-refractivity contribution in [3.05, 3.63) is 48.3 Å². The molecule has 20 heavy (non-hydrogen) atoms. The summed E-state index contributed by atoms with van der Waals surface area (Å²) in [7, 11) is 0. The van der Waals surface area contributed by atoms with Crippen LogP contribution < -0.4 is 11.1 Å². The molecule has 0 atom stereocenters. The van der Waals surface area contributed by atoms with Gasteiger partial charge in [0.1, 0.15) is 6.61 Å². The van der Waals surface area contributed by atoms with Crippen molar-refractivity contribution in [2.45, 2.75) is 6.54 Å². The molecule has 0 radical (unpaired) electrons. The summed E-state index contributed by atoms with van der Waals surface area (Å²) >= 11 is 0. The normalized spacial score (nSPS) is 10.4. The Morgan fingerprint density at radius 3 is 2.95 bits per heavy atom. The van der Waals surface area contributed by atoms with Crippen molar-refractivity contribution in [2.24, 2.45) is 5.73 Å². The molecule has 1 aromatic carbocycles. The fourth-order valence-electron chi connectivity index (χ4n) is 1.79. The molecule has 0 fully saturated rings. The van der Waals surface area contributed by atoms with E-state index in [4.69, 9.17) is 10.5 Å². The summed E-state index contributed by atoms with van der Waals surface area (Å²) in [5, 5.41) is 7.01. The van der Waals surface area contributed by atoms with Crippen LogP contribution in [0.2, 0.25) is 0 Å². The van der Waals surface area contributed by atoms with Crippen molar-refractivity contribution in [1.29, 1.82) is 0 Å². The molecule has 2 aromatic rings. The molecule has 0 aliphatic heterocycles. The van der Waals surface area contributed by atoms with Crippen LogP contribution in [0, 0.1) is 0 Å². The summed E-state index contributed by atoms with van der Waals surface area (Å²) in [4.78, 5) is 11.6. The molecule has 1 aromatic heterocycles. The molecule has 0 bridgehead atoms. The third kappa shape index (κ3) is 3.91. The van der Waals surface area contributed by atoms with E-state index in [1.807, 2.05) is 36.5 Å². The van der Waals surface area contributed by atoms with Gasteiger partial charge in [-0.3, -0.25) is 4.79 Å². The lowest BCUT2D eigenvalue weighted by molar-refractivity contribution is -0.125. The maximum atomic E-state index is 11.6. The van der Waals surface area contributed by atoms with Gasteiger partial charge in [-0.15, -0.1) is 0 Å². The number of para-hydroxylation sites is 1. The zero-order chi connectivity index (χ0) is 14.2. The highest BCUT2D eigenvalue weighted by atomic mass is 16.5. The number of nitrogens with one attached hydrogen (secondary N) is 1. The van der Waals surface area contributed by atoms with E-state index < -0.39 is 0 Å². The second-order valence-corrected chi connectivity index (χ2v) is 4.20. The van der Waals surface area contributed by atoms with E-state index >= 15 is 0 Å². The van der Waals surface area contributed by atoms with Crippen LogP contribution in [0.1, 0.15) is 5.56 Å². The van der Waals surface area contributed by atoms with E-state index in [0.29, 0.717) is 19.7 Å². The molecule has 106 valence electrons. The second-order valence-electron chi connectivity index (χ2n) is 4.20. The number of nitrogens with two attached hydrogens (primary N) is 1. The first-order valence-electron chi connectivity index (χ1n) is 6.43. The number of hydrogen-bond donors (Lipinski definition) is 2. The van der Waals surface area contributed by atoms with Crippen LogP contribution in [0.15, 0.2) is 42.7 Å². The molecular formula is C14H18N4O2. The first kappa shape index (κ1) is 14.2. The van der Waals surface area contributed by atoms with Gasteiger partial charge in [-0.2, -0.15) is 5.10 Å². The lowest BCUT2D eigenvalue weighted by Crippen LogP contribution is -2.28. The highest BCUT2D eigenvalue weighted by Crippen LogP contribution is 2.12. The number of carbonyl (C=O) groups excluding carboxylic acids is 1. The minimum Gasteiger partial charge on any atom is -0.370 e. The molecule has 1 heterocycles. The van der Waals surface area contributed by atoms with Gasteiger partial charge in [-0.05, 0) is 17.7 Å². The largest absolute Gasteiger partial charge is 0.370 e. The van der Waals surface area contributed by atoms with Crippen LogP contribution >= 0.6 is 0 Å². The molecule has 2 rings (SSSR count). The van der Waals surface area contributed by atoms with E-state index in [-0.39, 0.29) is 12.5 Å². The van der Waals surface area contributed by atoms with Crippen molar-refractivity contribution in [3.63, 3.8) is 0 Å². The van der Waals surface area contributed by atoms with Crippen LogP contribution in [-0.4, -0.2) is 35.4 Å². The summed E-state index contributed by atoms with van der Waals surface area (Å²) in [6, 6.07) is 9.64. The predicted molar refractivity (Wildman–Crippen MR) is 75.3 cm³/mol. The van der Waals surface area contributed by atoms with Crippen molar-refractivity contribution < 1.29 is 9.53 Å². The molecule has 0 aliphatic rings. The topological polar surface area (TPSA) is 82.2 Å². The number of hydrogen-bond acceptors (Lipinski definition) is 4. The van der Waals surface area contributed by atoms with Crippen LogP contribution in [0.3, 0.4) is 0 Å². The van der Waals surface area contributed by atoms with Gasteiger partial charge in [-0.1, -0.05) is 18.2 Å². The summed E-state index contributed by atoms with van der Waals surface area (Å²) in [6.45, 7) is 1.26. The quantitative estimate of drug-likeness (QED) is 0.719. The van der Waals surface area contributed by atoms with Crippen molar-refractivity contribution in [2.75, 3.05) is 19.8 Å². The van der Waals surface area contributed by atoms with E-state index in [1.165, 1.54) is 0 Å². The maximum absolute atomic E-state index is 11.6. The van der Waals surface area contributed by atoms with Gasteiger partial charge in [0.05, 0.1) is 12.3 Å². The van der Waals surface area contributed by atoms with E-state index in [0.717, 1.165) is 11.3 Å². The number of rotatable bonds is 7. The van der Waals surface area contributed by atoms with E-state index in [1.54, 1.807) is 10.9 Å². The lowest BCUT2D eigenvalue weighted by atomic mass is 10.2. The van der Waals surface area contributed by atoms with Crippen LogP contribution in [0.5, 0.6) is 0 Å². The summed E-state index contributed by atoms with van der Waals surface area (Å²) in [6.07, 6.45) is 3.58. The van der Waals surface area contributed by atoms with Gasteiger partial charge in [0.2, 0.25) is 5.91 Å². The Balaban J connectivity index is 1.95. The highest BCUT2D eigenvalue weighted by molar-refractivity contribution is 5.77. The molecule has 0 saturated carbocycles. The summed E-state index contributed by atoms with van der Waals surface area (Å²) in [5.41, 5.74) is 7.22. The number of nitrogens with zero attached hydrogens (tertiary/aromatic N) is 2. The number of ether oxygens (including phenoxy) is 1. The third-order valence-electron chi connectivity index (χ3n) is 2.71. The highest BCUT2D eigenvalue weighted by Gasteiger charge is 2.06. The molecule has 6 nitrogen and oxygen atoms in total. The van der Waals surface area contributed by atoms with Gasteiger partial charge in [0, 0.05) is 25.5 Å². The van der Waals surface area contributed by atoms with Gasteiger partial charge in [0.15, 0.2) is 0 Å². The van der Waals surface area contributed by atoms with Gasteiger partial charge < -0.3 is 15.8 Å². The van der Waals surface area contributed by atoms with Crippen molar-refractivity contribution >= 4 is 5.91 Å². The average Bonchev–Trinajstić information content (AvgIpc) is 3.00. The Morgan fingerprint density at radius 2 is 2.20 bits per heavy atom. The minimum absolute atomic E-state index is 0.0289. The summed E-state index contributed by atoms with van der Waals surface area (Å²) < 4.78 is 6.85. The molecule has 3 N–H and O–H groups in total. The maximum Gasteiger partial charge on any atom is 0.246 e. The molecular weight excluding hydrogens is 256 g/mol. The van der Waals surface area contributed by atoms with E-state index in [9.17, 15) is 4.79 Å². The standard InChI is InChI=1S/C14H18N4O2/c15-6-9-20-11-14(19)16-10-12-4-1-2-5-13(12)18-8-3-7-17-18/h1-5,7-8H,6,9-11,15H2,(H,16,19). The van der Waals surface area contributed by atoms with Crippen LogP contribution in [-0.2, 0) is 16.1 Å². The average molecular weight is 274 g/mol. The number of carbonyl (C=O) groups is 1. The van der Waals surface area contributed by atoms with Gasteiger partial charge in [-0.25, -0.2) is 4.68 Å². The number of aromatic nitrogens is 2. The van der Waals surface area contributed by atoms with Crippen molar-refractivity contribution in [1.82, 2.24) is 15.1 Å². The second kappa shape index (κ2) is 7.42. The Bertz CT molecular complexity index is 540. The van der Waals surface area contributed by atoms with Gasteiger partial charge >= 0.3 is 0 Å². The Morgan fingerprint density at radius 1 is 1.35 bits per heavy atom. The lowest BCUT2D eigenvalue weighted by Gasteiger charge is -2.10. The van der Waals surface area contributed by atoms with E-state index in [2.05, 4.69) is 10.4 Å². The number of amides is 1. The fraction of sp³-hybridized carbons (Fsp3) is 0.286. The zero-order valence-electron chi connectivity index (χ0n) is 11.2. The Kier molecular flexibility index (Phi) is 5.28. The molecule has 0 spiro atoms. The minimum atomic E-state index is -0.159. The molecule has 0 saturated heterocycles. The van der Waals surface area contributed by atoms with Gasteiger partial charge in [0.25, 0.3) is 0 Å². The zero-order valence-corrected chi connectivity index (χ0v) is 11.2. The number of benzene rings is 1. The molecule has 0 unspecified atom stereocenters. The van der Waals surface area contributed by atoms with Crippen LogP contribution in [0.4, 0.5) is 0 Å². The third-order valence-corrected chi connectivity index (χ3v) is 2.71. The first-order valence-corrected chi connectivity index (χ1v) is 6.43. The van der Waals surface area contributed by atoms with Crippen LogP contribution in [0.25, 0.3) is 5.69 Å². The van der Waals surface area contributed by atoms with Crippen molar-refractivity contribution in [3.8, 4) is 5.69 Å². The SMILES string of the molecule is NCCOCC(=O)NCc1ccccc1-n1cccn1. The Labute approximate surface area is 117 Å². The Hall–Kier alpha value is -2.18. The predicted octanol–water partition coefficient (Wildman–Crippen LogP) is 0.464. The monoisotopic (exact) mass is 274 g/mol. The molecule has 1 amide bonds. The first-order chi connectivity index (χ1) is 9.81.